The van der Waals surface area contributed by atoms with Crippen molar-refractivity contribution < 1.29 is 9.84 Å². The lowest BCUT2D eigenvalue weighted by Crippen LogP contribution is -2.30. The van der Waals surface area contributed by atoms with Crippen LogP contribution in [0.2, 0.25) is 0 Å². The summed E-state index contributed by atoms with van der Waals surface area (Å²) >= 11 is 1.64. The summed E-state index contributed by atoms with van der Waals surface area (Å²) in [6.07, 6.45) is 5.03. The average molecular weight is 407 g/mol. The molecule has 1 aliphatic rings. The molecule has 1 unspecified atom stereocenters. The van der Waals surface area contributed by atoms with Crippen LogP contribution >= 0.6 is 11.3 Å². The summed E-state index contributed by atoms with van der Waals surface area (Å²) < 4.78 is 7.39. The third-order valence-corrected chi connectivity index (χ3v) is 6.73. The average Bonchev–Trinajstić information content (AvgIpc) is 3.13. The Labute approximate surface area is 172 Å². The number of ether oxygens (including phenoxy) is 1. The fourth-order valence-corrected chi connectivity index (χ4v) is 5.32. The maximum Gasteiger partial charge on any atom is 0.262 e. The highest BCUT2D eigenvalue weighted by atomic mass is 32.1. The third-order valence-electron chi connectivity index (χ3n) is 5.53. The number of aliphatic hydroxyl groups excluding tert-OH is 1. The molecule has 0 aliphatic heterocycles. The van der Waals surface area contributed by atoms with Crippen LogP contribution in [0.1, 0.15) is 23.3 Å². The number of rotatable bonds is 5. The first-order valence-corrected chi connectivity index (χ1v) is 10.8. The van der Waals surface area contributed by atoms with Gasteiger partial charge in [-0.3, -0.25) is 9.36 Å². The number of hydrogen-bond donors (Lipinski definition) is 1. The predicted octanol–water partition coefficient (Wildman–Crippen LogP) is 3.93. The first-order chi connectivity index (χ1) is 14.2. The van der Waals surface area contributed by atoms with Gasteiger partial charge in [0.05, 0.1) is 18.3 Å². The zero-order chi connectivity index (χ0) is 19.8. The van der Waals surface area contributed by atoms with Crippen LogP contribution in [0.4, 0.5) is 0 Å². The van der Waals surface area contributed by atoms with Crippen LogP contribution in [0.5, 0.6) is 5.75 Å². The Kier molecular flexibility index (Phi) is 4.81. The van der Waals surface area contributed by atoms with Gasteiger partial charge in [-0.1, -0.05) is 36.4 Å². The highest BCUT2D eigenvalue weighted by Crippen LogP contribution is 2.33. The molecule has 6 heteroatoms. The molecule has 5 rings (SSSR count). The van der Waals surface area contributed by atoms with E-state index in [9.17, 15) is 9.90 Å². The number of benzene rings is 2. The second-order valence-electron chi connectivity index (χ2n) is 7.54. The molecule has 0 radical (unpaired) electrons. The first-order valence-electron chi connectivity index (χ1n) is 9.99. The van der Waals surface area contributed by atoms with Crippen LogP contribution in [-0.2, 0) is 19.4 Å². The summed E-state index contributed by atoms with van der Waals surface area (Å²) in [6, 6.07) is 13.8. The predicted molar refractivity (Wildman–Crippen MR) is 116 cm³/mol. The Balaban J connectivity index is 1.35. The summed E-state index contributed by atoms with van der Waals surface area (Å²) in [5.41, 5.74) is 1.11. The van der Waals surface area contributed by atoms with E-state index in [4.69, 9.17) is 4.74 Å². The van der Waals surface area contributed by atoms with Gasteiger partial charge in [-0.05, 0) is 42.7 Å². The molecule has 2 aromatic carbocycles. The number of aromatic nitrogens is 2. The van der Waals surface area contributed by atoms with Gasteiger partial charge in [0.25, 0.3) is 5.56 Å². The van der Waals surface area contributed by atoms with Crippen molar-refractivity contribution in [3.8, 4) is 5.75 Å². The van der Waals surface area contributed by atoms with Crippen molar-refractivity contribution in [2.24, 2.45) is 0 Å². The smallest absolute Gasteiger partial charge is 0.262 e. The molecule has 5 nitrogen and oxygen atoms in total. The van der Waals surface area contributed by atoms with Crippen molar-refractivity contribution in [2.75, 3.05) is 6.61 Å². The van der Waals surface area contributed by atoms with Gasteiger partial charge in [0.2, 0.25) is 0 Å². The van der Waals surface area contributed by atoms with Crippen LogP contribution in [0.3, 0.4) is 0 Å². The van der Waals surface area contributed by atoms with Crippen LogP contribution in [0.15, 0.2) is 53.6 Å². The third kappa shape index (κ3) is 3.43. The largest absolute Gasteiger partial charge is 0.490 e. The van der Waals surface area contributed by atoms with Crippen molar-refractivity contribution in [1.82, 2.24) is 9.55 Å². The van der Waals surface area contributed by atoms with Crippen LogP contribution in [-0.4, -0.2) is 27.4 Å². The van der Waals surface area contributed by atoms with Crippen LogP contribution in [0.25, 0.3) is 21.0 Å². The highest BCUT2D eigenvalue weighted by Gasteiger charge is 2.20. The lowest BCUT2D eigenvalue weighted by Gasteiger charge is -2.15. The fraction of sp³-hybridized carbons (Fsp3) is 0.304. The molecule has 148 valence electrons. The molecule has 0 spiro atoms. The Bertz CT molecular complexity index is 1240. The number of fused-ring (bicyclic) bond motifs is 4. The Morgan fingerprint density at radius 3 is 2.90 bits per heavy atom. The van der Waals surface area contributed by atoms with Gasteiger partial charge in [-0.25, -0.2) is 4.98 Å². The Morgan fingerprint density at radius 1 is 1.14 bits per heavy atom. The summed E-state index contributed by atoms with van der Waals surface area (Å²) in [6.45, 7) is 0.275. The molecule has 1 aliphatic carbocycles. The Hall–Kier alpha value is -2.70. The number of thiophene rings is 1. The van der Waals surface area contributed by atoms with Crippen molar-refractivity contribution in [3.63, 3.8) is 0 Å². The van der Waals surface area contributed by atoms with E-state index in [0.29, 0.717) is 0 Å². The van der Waals surface area contributed by atoms with Crippen LogP contribution < -0.4 is 10.3 Å². The van der Waals surface area contributed by atoms with E-state index in [1.807, 2.05) is 42.5 Å². The Morgan fingerprint density at radius 2 is 1.97 bits per heavy atom. The van der Waals surface area contributed by atoms with Gasteiger partial charge in [0.1, 0.15) is 23.3 Å². The van der Waals surface area contributed by atoms with Gasteiger partial charge in [0.15, 0.2) is 0 Å². The van der Waals surface area contributed by atoms with Crippen molar-refractivity contribution >= 4 is 32.3 Å². The summed E-state index contributed by atoms with van der Waals surface area (Å²) in [5, 5.41) is 13.4. The zero-order valence-electron chi connectivity index (χ0n) is 16.0. The zero-order valence-corrected chi connectivity index (χ0v) is 16.8. The number of nitrogens with zero attached hydrogens (tertiary/aromatic N) is 2. The lowest BCUT2D eigenvalue weighted by molar-refractivity contribution is 0.0922. The van der Waals surface area contributed by atoms with Crippen molar-refractivity contribution in [3.05, 3.63) is 69.6 Å². The monoisotopic (exact) mass is 406 g/mol. The molecule has 2 aromatic heterocycles. The highest BCUT2D eigenvalue weighted by molar-refractivity contribution is 7.18. The molecule has 0 saturated heterocycles. The topological polar surface area (TPSA) is 64.4 Å². The molecule has 0 amide bonds. The molecule has 1 N–H and O–H groups in total. The standard InChI is InChI=1S/C23H22N2O3S/c26-16(13-28-19-10-5-7-15-6-1-2-8-17(15)19)12-25-14-24-22-21(23(25)27)18-9-3-4-11-20(18)29-22/h1-2,5-8,10,14,16,26H,3-4,9,11-13H2. The number of hydrogen-bond acceptors (Lipinski definition) is 5. The van der Waals surface area contributed by atoms with Crippen molar-refractivity contribution in [1.29, 1.82) is 0 Å². The molecular weight excluding hydrogens is 384 g/mol. The minimum absolute atomic E-state index is 0.0568. The van der Waals surface area contributed by atoms with E-state index in [0.717, 1.165) is 46.0 Å². The summed E-state index contributed by atoms with van der Waals surface area (Å²) in [5.74, 6) is 0.731. The number of aliphatic hydroxyl groups is 1. The molecule has 4 aromatic rings. The number of aryl methyl sites for hydroxylation is 2. The normalized spacial score (nSPS) is 14.8. The fourth-order valence-electron chi connectivity index (χ4n) is 4.10. The first kappa shape index (κ1) is 18.3. The van der Waals surface area contributed by atoms with E-state index in [2.05, 4.69) is 4.98 Å². The maximum absolute atomic E-state index is 13.0. The molecule has 1 atom stereocenters. The van der Waals surface area contributed by atoms with Gasteiger partial charge in [-0.15, -0.1) is 11.3 Å². The van der Waals surface area contributed by atoms with E-state index >= 15 is 0 Å². The quantitative estimate of drug-likeness (QED) is 0.545. The second kappa shape index (κ2) is 7.61. The second-order valence-corrected chi connectivity index (χ2v) is 8.62. The van der Waals surface area contributed by atoms with Gasteiger partial charge in [0, 0.05) is 10.3 Å². The SMILES string of the molecule is O=c1c2c3c(sc2ncn1CC(O)COc1cccc2ccccc12)CCCC3. The van der Waals surface area contributed by atoms with E-state index in [1.54, 1.807) is 17.7 Å². The molecule has 0 bridgehead atoms. The molecule has 2 heterocycles. The maximum atomic E-state index is 13.0. The van der Waals surface area contributed by atoms with Gasteiger partial charge in [-0.2, -0.15) is 0 Å². The van der Waals surface area contributed by atoms with E-state index in [-0.39, 0.29) is 18.7 Å². The molecular formula is C23H22N2O3S. The minimum Gasteiger partial charge on any atom is -0.490 e. The lowest BCUT2D eigenvalue weighted by atomic mass is 9.97. The minimum atomic E-state index is -0.805. The van der Waals surface area contributed by atoms with E-state index in [1.165, 1.54) is 21.4 Å². The van der Waals surface area contributed by atoms with Gasteiger partial charge < -0.3 is 9.84 Å². The van der Waals surface area contributed by atoms with E-state index < -0.39 is 6.10 Å². The molecule has 29 heavy (non-hydrogen) atoms. The summed E-state index contributed by atoms with van der Waals surface area (Å²) in [7, 11) is 0. The summed E-state index contributed by atoms with van der Waals surface area (Å²) in [4.78, 5) is 19.6. The van der Waals surface area contributed by atoms with Crippen molar-refractivity contribution in [2.45, 2.75) is 38.3 Å². The van der Waals surface area contributed by atoms with Crippen LogP contribution in [0, 0.1) is 0 Å². The van der Waals surface area contributed by atoms with Gasteiger partial charge >= 0.3 is 0 Å². The molecule has 0 fully saturated rings. The molecule has 0 saturated carbocycles.